The molecule has 27 heavy (non-hydrogen) atoms. The number of hydrogen-bond acceptors (Lipinski definition) is 4. The normalized spacial score (nSPS) is 13.4. The van der Waals surface area contributed by atoms with E-state index in [-0.39, 0.29) is 5.91 Å². The predicted molar refractivity (Wildman–Crippen MR) is 107 cm³/mol. The van der Waals surface area contributed by atoms with Crippen molar-refractivity contribution in [2.24, 2.45) is 7.05 Å². The maximum Gasteiger partial charge on any atom is 0.233 e. The Labute approximate surface area is 163 Å². The number of rotatable bonds is 5. The van der Waals surface area contributed by atoms with Gasteiger partial charge in [-0.05, 0) is 23.1 Å². The molecule has 5 nitrogen and oxygen atoms in total. The van der Waals surface area contributed by atoms with E-state index < -0.39 is 0 Å². The van der Waals surface area contributed by atoms with Crippen LogP contribution in [0.1, 0.15) is 22.5 Å². The molecular formula is C21H22N4OS. The molecule has 0 bridgehead atoms. The maximum atomic E-state index is 12.6. The van der Waals surface area contributed by atoms with Crippen molar-refractivity contribution < 1.29 is 4.79 Å². The molecule has 0 aliphatic carbocycles. The smallest absolute Gasteiger partial charge is 0.233 e. The average Bonchev–Trinajstić information content (AvgIpc) is 3.06. The van der Waals surface area contributed by atoms with Gasteiger partial charge in [0.05, 0.1) is 5.75 Å². The number of thioether (sulfide) groups is 1. The van der Waals surface area contributed by atoms with E-state index in [2.05, 4.69) is 40.5 Å². The molecule has 0 N–H and O–H groups in total. The fourth-order valence-electron chi connectivity index (χ4n) is 3.33. The number of carbonyl (C=O) groups is 1. The van der Waals surface area contributed by atoms with Crippen LogP contribution in [0.5, 0.6) is 0 Å². The summed E-state index contributed by atoms with van der Waals surface area (Å²) in [5, 5.41) is 9.35. The minimum atomic E-state index is 0.155. The van der Waals surface area contributed by atoms with Crippen molar-refractivity contribution in [1.82, 2.24) is 19.7 Å². The van der Waals surface area contributed by atoms with E-state index in [1.807, 2.05) is 40.8 Å². The van der Waals surface area contributed by atoms with E-state index in [0.717, 1.165) is 30.4 Å². The van der Waals surface area contributed by atoms with Gasteiger partial charge in [-0.15, -0.1) is 10.2 Å². The zero-order valence-electron chi connectivity index (χ0n) is 15.3. The monoisotopic (exact) mass is 378 g/mol. The van der Waals surface area contributed by atoms with Gasteiger partial charge in [0.2, 0.25) is 5.91 Å². The minimum Gasteiger partial charge on any atom is -0.337 e. The summed E-state index contributed by atoms with van der Waals surface area (Å²) >= 11 is 1.46. The lowest BCUT2D eigenvalue weighted by Crippen LogP contribution is -2.37. The molecule has 1 aliphatic heterocycles. The van der Waals surface area contributed by atoms with Gasteiger partial charge < -0.3 is 9.47 Å². The number of hydrogen-bond donors (Lipinski definition) is 0. The van der Waals surface area contributed by atoms with Crippen LogP contribution in [0.3, 0.4) is 0 Å². The standard InChI is InChI=1S/C21H22N4OS/c1-24-19(13-16-7-3-2-4-8-16)22-23-21(24)27-15-20(26)25-12-11-17-9-5-6-10-18(17)14-25/h2-10H,11-15H2,1H3. The molecule has 0 fully saturated rings. The molecule has 0 radical (unpaired) electrons. The molecule has 0 atom stereocenters. The number of nitrogens with zero attached hydrogens (tertiary/aromatic N) is 4. The Kier molecular flexibility index (Phi) is 5.25. The molecule has 3 aromatic rings. The summed E-state index contributed by atoms with van der Waals surface area (Å²) in [6.07, 6.45) is 1.67. The lowest BCUT2D eigenvalue weighted by Gasteiger charge is -2.28. The predicted octanol–water partition coefficient (Wildman–Crippen LogP) is 3.08. The van der Waals surface area contributed by atoms with Crippen molar-refractivity contribution in [2.75, 3.05) is 12.3 Å². The fourth-order valence-corrected chi connectivity index (χ4v) is 4.16. The third-order valence-corrected chi connectivity index (χ3v) is 5.94. The van der Waals surface area contributed by atoms with Crippen LogP contribution >= 0.6 is 11.8 Å². The van der Waals surface area contributed by atoms with Crippen molar-refractivity contribution in [3.8, 4) is 0 Å². The summed E-state index contributed by atoms with van der Waals surface area (Å²) in [6.45, 7) is 1.49. The Morgan fingerprint density at radius 1 is 1.04 bits per heavy atom. The molecule has 0 saturated carbocycles. The van der Waals surface area contributed by atoms with Crippen molar-refractivity contribution in [1.29, 1.82) is 0 Å². The minimum absolute atomic E-state index is 0.155. The van der Waals surface area contributed by atoms with Gasteiger partial charge >= 0.3 is 0 Å². The van der Waals surface area contributed by atoms with Gasteiger partial charge in [0.25, 0.3) is 0 Å². The van der Waals surface area contributed by atoms with Crippen LogP contribution in [0.25, 0.3) is 0 Å². The lowest BCUT2D eigenvalue weighted by atomic mass is 10.00. The SMILES string of the molecule is Cn1c(Cc2ccccc2)nnc1SCC(=O)N1CCc2ccccc2C1. The number of fused-ring (bicyclic) bond motifs is 1. The van der Waals surface area contributed by atoms with Crippen molar-refractivity contribution >= 4 is 17.7 Å². The van der Waals surface area contributed by atoms with E-state index in [9.17, 15) is 4.79 Å². The first-order valence-corrected chi connectivity index (χ1v) is 10.1. The van der Waals surface area contributed by atoms with Gasteiger partial charge in [0.1, 0.15) is 5.82 Å². The summed E-state index contributed by atoms with van der Waals surface area (Å²) in [7, 11) is 1.96. The highest BCUT2D eigenvalue weighted by atomic mass is 32.2. The van der Waals surface area contributed by atoms with Gasteiger partial charge in [-0.1, -0.05) is 66.4 Å². The molecule has 0 spiro atoms. The summed E-state index contributed by atoms with van der Waals surface area (Å²) in [5.41, 5.74) is 3.81. The first kappa shape index (κ1) is 17.8. The zero-order valence-corrected chi connectivity index (χ0v) is 16.2. The Morgan fingerprint density at radius 3 is 2.59 bits per heavy atom. The molecular weight excluding hydrogens is 356 g/mol. The Hall–Kier alpha value is -2.60. The van der Waals surface area contributed by atoms with Crippen LogP contribution < -0.4 is 0 Å². The molecule has 4 rings (SSSR count). The highest BCUT2D eigenvalue weighted by Crippen LogP contribution is 2.22. The van der Waals surface area contributed by atoms with Gasteiger partial charge in [-0.3, -0.25) is 4.79 Å². The summed E-state index contributed by atoms with van der Waals surface area (Å²) < 4.78 is 1.98. The number of amides is 1. The van der Waals surface area contributed by atoms with E-state index in [4.69, 9.17) is 0 Å². The largest absolute Gasteiger partial charge is 0.337 e. The lowest BCUT2D eigenvalue weighted by molar-refractivity contribution is -0.129. The van der Waals surface area contributed by atoms with E-state index in [1.54, 1.807) is 0 Å². The quantitative estimate of drug-likeness (QED) is 0.640. The first-order chi connectivity index (χ1) is 13.2. The summed E-state index contributed by atoms with van der Waals surface area (Å²) in [5.74, 6) is 1.45. The third kappa shape index (κ3) is 4.06. The molecule has 6 heteroatoms. The van der Waals surface area contributed by atoms with Crippen LogP contribution in [-0.4, -0.2) is 37.9 Å². The van der Waals surface area contributed by atoms with Crippen molar-refractivity contribution in [3.05, 3.63) is 77.1 Å². The van der Waals surface area contributed by atoms with E-state index in [1.165, 1.54) is 28.5 Å². The van der Waals surface area contributed by atoms with Crippen LogP contribution in [0.4, 0.5) is 0 Å². The van der Waals surface area contributed by atoms with E-state index in [0.29, 0.717) is 12.3 Å². The van der Waals surface area contributed by atoms with Crippen LogP contribution in [0.2, 0.25) is 0 Å². The second-order valence-electron chi connectivity index (χ2n) is 6.74. The highest BCUT2D eigenvalue weighted by molar-refractivity contribution is 7.99. The van der Waals surface area contributed by atoms with Crippen LogP contribution in [-0.2, 0) is 31.2 Å². The van der Waals surface area contributed by atoms with Gasteiger partial charge in [-0.25, -0.2) is 0 Å². The molecule has 2 aromatic carbocycles. The molecule has 138 valence electrons. The zero-order chi connectivity index (χ0) is 18.6. The van der Waals surface area contributed by atoms with Gasteiger partial charge in [0, 0.05) is 26.6 Å². The molecule has 0 saturated heterocycles. The molecule has 1 aliphatic rings. The second kappa shape index (κ2) is 7.96. The van der Waals surface area contributed by atoms with E-state index >= 15 is 0 Å². The topological polar surface area (TPSA) is 51.0 Å². The van der Waals surface area contributed by atoms with Crippen molar-refractivity contribution in [3.63, 3.8) is 0 Å². The second-order valence-corrected chi connectivity index (χ2v) is 7.69. The number of benzene rings is 2. The Bertz CT molecular complexity index is 938. The van der Waals surface area contributed by atoms with Gasteiger partial charge in [-0.2, -0.15) is 0 Å². The Morgan fingerprint density at radius 2 is 1.78 bits per heavy atom. The maximum absolute atomic E-state index is 12.6. The van der Waals surface area contributed by atoms with Gasteiger partial charge in [0.15, 0.2) is 5.16 Å². The average molecular weight is 379 g/mol. The van der Waals surface area contributed by atoms with Crippen LogP contribution in [0, 0.1) is 0 Å². The van der Waals surface area contributed by atoms with Crippen LogP contribution in [0.15, 0.2) is 59.8 Å². The molecule has 1 amide bonds. The number of aromatic nitrogens is 3. The number of carbonyl (C=O) groups excluding carboxylic acids is 1. The summed E-state index contributed by atoms with van der Waals surface area (Å²) in [6, 6.07) is 18.6. The highest BCUT2D eigenvalue weighted by Gasteiger charge is 2.21. The first-order valence-electron chi connectivity index (χ1n) is 9.10. The Balaban J connectivity index is 1.36. The van der Waals surface area contributed by atoms with Crippen molar-refractivity contribution in [2.45, 2.75) is 24.5 Å². The third-order valence-electron chi connectivity index (χ3n) is 4.94. The fraction of sp³-hybridized carbons (Fsp3) is 0.286. The summed E-state index contributed by atoms with van der Waals surface area (Å²) in [4.78, 5) is 14.6. The molecule has 0 unspecified atom stereocenters. The molecule has 1 aromatic heterocycles. The molecule has 2 heterocycles.